The molecule has 2 fully saturated rings. The SMILES string of the molecule is CC1CCN(Cc2cccnc2Oc2ccc3c(nnn3CC3CC3)c2Br)CC1. The van der Waals surface area contributed by atoms with Crippen LogP contribution in [0.5, 0.6) is 11.6 Å². The molecule has 7 heteroatoms. The third-order valence-corrected chi connectivity index (χ3v) is 6.81. The van der Waals surface area contributed by atoms with Crippen molar-refractivity contribution >= 4 is 27.0 Å². The van der Waals surface area contributed by atoms with Gasteiger partial charge in [0.2, 0.25) is 5.88 Å². The van der Waals surface area contributed by atoms with Crippen molar-refractivity contribution in [2.45, 2.75) is 45.7 Å². The number of aromatic nitrogens is 4. The highest BCUT2D eigenvalue weighted by Crippen LogP contribution is 2.37. The van der Waals surface area contributed by atoms with Gasteiger partial charge in [-0.05, 0) is 84.7 Å². The number of piperidine rings is 1. The lowest BCUT2D eigenvalue weighted by molar-refractivity contribution is 0.183. The Kier molecular flexibility index (Phi) is 5.26. The summed E-state index contributed by atoms with van der Waals surface area (Å²) < 4.78 is 9.09. The molecule has 0 spiro atoms. The standard InChI is InChI=1S/C22H26BrN5O/c1-15-8-11-27(12-9-15)14-17-3-2-10-24-22(17)29-19-7-6-18-21(20(19)23)25-26-28(18)13-16-4-5-16/h2-3,6-7,10,15-16H,4-5,8-9,11-14H2,1H3. The molecule has 3 aromatic rings. The molecular formula is C22H26BrN5O. The van der Waals surface area contributed by atoms with Crippen molar-refractivity contribution in [3.63, 3.8) is 0 Å². The van der Waals surface area contributed by atoms with E-state index in [2.05, 4.69) is 49.1 Å². The molecule has 1 aliphatic carbocycles. The average molecular weight is 456 g/mol. The molecule has 3 heterocycles. The molecule has 0 N–H and O–H groups in total. The molecule has 1 saturated carbocycles. The van der Waals surface area contributed by atoms with Crippen LogP contribution in [0.15, 0.2) is 34.9 Å². The van der Waals surface area contributed by atoms with Gasteiger partial charge in [-0.1, -0.05) is 18.2 Å². The molecule has 2 aromatic heterocycles. The van der Waals surface area contributed by atoms with Gasteiger partial charge in [-0.2, -0.15) is 0 Å². The first kappa shape index (κ1) is 19.0. The highest BCUT2D eigenvalue weighted by molar-refractivity contribution is 9.10. The van der Waals surface area contributed by atoms with E-state index < -0.39 is 0 Å². The van der Waals surface area contributed by atoms with Crippen LogP contribution in [-0.2, 0) is 13.1 Å². The van der Waals surface area contributed by atoms with E-state index >= 15 is 0 Å². The molecule has 29 heavy (non-hydrogen) atoms. The van der Waals surface area contributed by atoms with Crippen molar-refractivity contribution in [2.24, 2.45) is 11.8 Å². The van der Waals surface area contributed by atoms with Crippen LogP contribution in [0.2, 0.25) is 0 Å². The van der Waals surface area contributed by atoms with Gasteiger partial charge in [0.05, 0.1) is 9.99 Å². The van der Waals surface area contributed by atoms with Crippen LogP contribution in [0.1, 0.15) is 38.2 Å². The Morgan fingerprint density at radius 3 is 2.76 bits per heavy atom. The molecule has 1 aliphatic heterocycles. The van der Waals surface area contributed by atoms with Gasteiger partial charge >= 0.3 is 0 Å². The van der Waals surface area contributed by atoms with E-state index in [1.807, 2.05) is 22.9 Å². The molecule has 1 saturated heterocycles. The van der Waals surface area contributed by atoms with E-state index in [0.29, 0.717) is 5.88 Å². The van der Waals surface area contributed by atoms with Gasteiger partial charge < -0.3 is 4.74 Å². The number of halogens is 1. The highest BCUT2D eigenvalue weighted by Gasteiger charge is 2.24. The van der Waals surface area contributed by atoms with Crippen molar-refractivity contribution in [3.05, 3.63) is 40.5 Å². The zero-order valence-electron chi connectivity index (χ0n) is 16.7. The van der Waals surface area contributed by atoms with E-state index in [1.165, 1.54) is 25.7 Å². The predicted molar refractivity (Wildman–Crippen MR) is 116 cm³/mol. The van der Waals surface area contributed by atoms with E-state index in [-0.39, 0.29) is 0 Å². The van der Waals surface area contributed by atoms with E-state index in [9.17, 15) is 0 Å². The number of hydrogen-bond acceptors (Lipinski definition) is 5. The van der Waals surface area contributed by atoms with Crippen LogP contribution in [0.3, 0.4) is 0 Å². The zero-order valence-corrected chi connectivity index (χ0v) is 18.3. The van der Waals surface area contributed by atoms with Gasteiger partial charge in [0.1, 0.15) is 11.3 Å². The van der Waals surface area contributed by atoms with Crippen LogP contribution in [0.25, 0.3) is 11.0 Å². The van der Waals surface area contributed by atoms with Crippen LogP contribution >= 0.6 is 15.9 Å². The highest BCUT2D eigenvalue weighted by atomic mass is 79.9. The summed E-state index contributed by atoms with van der Waals surface area (Å²) in [6.45, 7) is 6.42. The second-order valence-corrected chi connectivity index (χ2v) is 9.28. The lowest BCUT2D eigenvalue weighted by atomic mass is 9.99. The van der Waals surface area contributed by atoms with E-state index in [4.69, 9.17) is 4.74 Å². The molecule has 0 atom stereocenters. The fourth-order valence-electron chi connectivity index (χ4n) is 3.95. The summed E-state index contributed by atoms with van der Waals surface area (Å²) in [5, 5.41) is 8.73. The Balaban J connectivity index is 1.37. The average Bonchev–Trinajstić information content (AvgIpc) is 3.45. The molecular weight excluding hydrogens is 430 g/mol. The quantitative estimate of drug-likeness (QED) is 0.521. The number of benzene rings is 1. The molecule has 152 valence electrons. The molecule has 6 nitrogen and oxygen atoms in total. The molecule has 0 unspecified atom stereocenters. The van der Waals surface area contributed by atoms with Gasteiger partial charge in [-0.25, -0.2) is 9.67 Å². The van der Waals surface area contributed by atoms with Crippen LogP contribution in [-0.4, -0.2) is 38.0 Å². The smallest absolute Gasteiger partial charge is 0.223 e. The minimum absolute atomic E-state index is 0.663. The maximum Gasteiger partial charge on any atom is 0.223 e. The normalized spacial score (nSPS) is 18.4. The summed E-state index contributed by atoms with van der Waals surface area (Å²) in [4.78, 5) is 7.01. The molecule has 1 aromatic carbocycles. The molecule has 0 radical (unpaired) electrons. The third-order valence-electron chi connectivity index (χ3n) is 6.05. The second kappa shape index (κ2) is 8.03. The van der Waals surface area contributed by atoms with Crippen LogP contribution < -0.4 is 4.74 Å². The minimum atomic E-state index is 0.663. The maximum atomic E-state index is 6.25. The predicted octanol–water partition coefficient (Wildman–Crippen LogP) is 5.02. The topological polar surface area (TPSA) is 56.1 Å². The van der Waals surface area contributed by atoms with E-state index in [1.54, 1.807) is 6.20 Å². The summed E-state index contributed by atoms with van der Waals surface area (Å²) >= 11 is 3.69. The summed E-state index contributed by atoms with van der Waals surface area (Å²) in [6, 6.07) is 8.13. The second-order valence-electron chi connectivity index (χ2n) is 8.49. The van der Waals surface area contributed by atoms with Gasteiger partial charge in [0.15, 0.2) is 0 Å². The first-order valence-corrected chi connectivity index (χ1v) is 11.3. The van der Waals surface area contributed by atoms with Gasteiger partial charge in [0.25, 0.3) is 0 Å². The summed E-state index contributed by atoms with van der Waals surface area (Å²) in [5.74, 6) is 2.97. The number of hydrogen-bond donors (Lipinski definition) is 0. The lowest BCUT2D eigenvalue weighted by Crippen LogP contribution is -2.32. The van der Waals surface area contributed by atoms with Crippen LogP contribution in [0.4, 0.5) is 0 Å². The molecule has 5 rings (SSSR count). The zero-order chi connectivity index (χ0) is 19.8. The van der Waals surface area contributed by atoms with Crippen molar-refractivity contribution < 1.29 is 4.74 Å². The Morgan fingerprint density at radius 1 is 1.14 bits per heavy atom. The third kappa shape index (κ3) is 4.16. The fraction of sp³-hybridized carbons (Fsp3) is 0.500. The number of pyridine rings is 1. The number of ether oxygens (including phenoxy) is 1. The van der Waals surface area contributed by atoms with Gasteiger partial charge in [-0.15, -0.1) is 5.10 Å². The largest absolute Gasteiger partial charge is 0.437 e. The summed E-state index contributed by atoms with van der Waals surface area (Å²) in [5.41, 5.74) is 3.00. The van der Waals surface area contributed by atoms with Crippen molar-refractivity contribution in [2.75, 3.05) is 13.1 Å². The van der Waals surface area contributed by atoms with Crippen LogP contribution in [0, 0.1) is 11.8 Å². The van der Waals surface area contributed by atoms with Crippen molar-refractivity contribution in [1.82, 2.24) is 24.9 Å². The molecule has 2 aliphatic rings. The van der Waals surface area contributed by atoms with Crippen molar-refractivity contribution in [1.29, 1.82) is 0 Å². The minimum Gasteiger partial charge on any atom is -0.437 e. The number of fused-ring (bicyclic) bond motifs is 1. The number of rotatable bonds is 6. The maximum absolute atomic E-state index is 6.25. The Hall–Kier alpha value is -1.99. The van der Waals surface area contributed by atoms with E-state index in [0.717, 1.165) is 64.8 Å². The molecule has 0 amide bonds. The fourth-order valence-corrected chi connectivity index (χ4v) is 4.44. The Bertz CT molecular complexity index is 1010. The Morgan fingerprint density at radius 2 is 1.97 bits per heavy atom. The van der Waals surface area contributed by atoms with Gasteiger partial charge in [0, 0.05) is 24.8 Å². The first-order chi connectivity index (χ1) is 14.2. The monoisotopic (exact) mass is 455 g/mol. The number of likely N-dealkylation sites (tertiary alicyclic amines) is 1. The first-order valence-electron chi connectivity index (χ1n) is 10.5. The Labute approximate surface area is 179 Å². The lowest BCUT2D eigenvalue weighted by Gasteiger charge is -2.30. The molecule has 0 bridgehead atoms. The van der Waals surface area contributed by atoms with Gasteiger partial charge in [-0.3, -0.25) is 4.90 Å². The number of nitrogens with zero attached hydrogens (tertiary/aromatic N) is 5. The summed E-state index contributed by atoms with van der Waals surface area (Å²) in [6.07, 6.45) is 6.89. The van der Waals surface area contributed by atoms with Crippen molar-refractivity contribution in [3.8, 4) is 11.6 Å². The summed E-state index contributed by atoms with van der Waals surface area (Å²) in [7, 11) is 0.